The van der Waals surface area contributed by atoms with E-state index in [-0.39, 0.29) is 11.6 Å². The molecule has 0 aliphatic rings. The van der Waals surface area contributed by atoms with Crippen molar-refractivity contribution in [1.82, 2.24) is 0 Å². The summed E-state index contributed by atoms with van der Waals surface area (Å²) in [7, 11) is 4.11. The molecule has 0 saturated heterocycles. The van der Waals surface area contributed by atoms with Gasteiger partial charge in [-0.3, -0.25) is 0 Å². The molecule has 0 N–H and O–H groups in total. The second-order valence-electron chi connectivity index (χ2n) is 8.84. The fraction of sp³-hybridized carbons (Fsp3) is 0.696. The molecule has 0 spiro atoms. The Morgan fingerprint density at radius 2 is 1.75 bits per heavy atom. The van der Waals surface area contributed by atoms with Gasteiger partial charge in [-0.15, -0.1) is 0 Å². The van der Waals surface area contributed by atoms with Crippen molar-refractivity contribution in [3.63, 3.8) is 0 Å². The molecule has 28 heavy (non-hydrogen) atoms. The van der Waals surface area contributed by atoms with Crippen LogP contribution in [0.5, 0.6) is 5.75 Å². The zero-order valence-electron chi connectivity index (χ0n) is 18.9. The Balaban J connectivity index is 2.42. The zero-order valence-corrected chi connectivity index (χ0v) is 18.9. The molecule has 0 bridgehead atoms. The number of benzene rings is 1. The number of hydrogen-bond donors (Lipinski definition) is 0. The van der Waals surface area contributed by atoms with Gasteiger partial charge in [0.2, 0.25) is 0 Å². The number of carbonyl (C=O) groups is 1. The van der Waals surface area contributed by atoms with Crippen LogP contribution < -0.4 is 4.74 Å². The molecule has 0 amide bonds. The van der Waals surface area contributed by atoms with E-state index in [0.717, 1.165) is 25.1 Å². The van der Waals surface area contributed by atoms with Gasteiger partial charge >= 0.3 is 5.97 Å². The third kappa shape index (κ3) is 10.1. The van der Waals surface area contributed by atoms with Gasteiger partial charge in [0.1, 0.15) is 5.75 Å². The summed E-state index contributed by atoms with van der Waals surface area (Å²) in [6.07, 6.45) is 1.88. The Hall–Kier alpha value is -1.59. The van der Waals surface area contributed by atoms with Crippen molar-refractivity contribution >= 4 is 5.97 Å². The second kappa shape index (κ2) is 11.4. The molecule has 1 rings (SSSR count). The van der Waals surface area contributed by atoms with E-state index in [2.05, 4.69) is 53.9 Å². The van der Waals surface area contributed by atoms with E-state index in [1.54, 1.807) is 0 Å². The Bertz CT molecular complexity index is 581. The highest BCUT2D eigenvalue weighted by Gasteiger charge is 2.27. The first-order valence-electron chi connectivity index (χ1n) is 10.4. The molecule has 0 fully saturated rings. The van der Waals surface area contributed by atoms with Crippen LogP contribution in [0, 0.1) is 12.8 Å². The molecule has 0 radical (unpaired) electrons. The third-order valence-corrected chi connectivity index (χ3v) is 4.98. The largest absolute Gasteiger partial charge is 0.493 e. The third-order valence-electron chi connectivity index (χ3n) is 4.98. The summed E-state index contributed by atoms with van der Waals surface area (Å²) in [5.74, 6) is 1.11. The average molecular weight is 395 g/mol. The summed E-state index contributed by atoms with van der Waals surface area (Å²) < 4.78 is 17.8. The molecule has 0 aromatic heterocycles. The van der Waals surface area contributed by atoms with Gasteiger partial charge in [0.25, 0.3) is 0 Å². The van der Waals surface area contributed by atoms with Crippen LogP contribution >= 0.6 is 0 Å². The molecular weight excluding hydrogens is 354 g/mol. The van der Waals surface area contributed by atoms with Crippen LogP contribution in [0.4, 0.5) is 0 Å². The van der Waals surface area contributed by atoms with E-state index in [9.17, 15) is 4.79 Å². The van der Waals surface area contributed by atoms with Gasteiger partial charge in [0, 0.05) is 12.3 Å². The Kier molecular flexibility index (Phi) is 9.97. The van der Waals surface area contributed by atoms with Gasteiger partial charge in [0.15, 0.2) is 6.54 Å². The highest BCUT2D eigenvalue weighted by atomic mass is 16.5. The summed E-state index contributed by atoms with van der Waals surface area (Å²) in [5.41, 5.74) is 0.982. The molecular formula is C23H40NO4+. The van der Waals surface area contributed by atoms with E-state index in [0.29, 0.717) is 36.8 Å². The summed E-state index contributed by atoms with van der Waals surface area (Å²) in [5, 5.41) is 0. The van der Waals surface area contributed by atoms with Crippen LogP contribution in [0.25, 0.3) is 0 Å². The van der Waals surface area contributed by atoms with Gasteiger partial charge in [-0.2, -0.15) is 0 Å². The van der Waals surface area contributed by atoms with E-state index in [1.165, 1.54) is 5.56 Å². The number of esters is 1. The molecule has 1 atom stereocenters. The lowest BCUT2D eigenvalue weighted by Gasteiger charge is -2.34. The summed E-state index contributed by atoms with van der Waals surface area (Å²) >= 11 is 0. The van der Waals surface area contributed by atoms with Crippen molar-refractivity contribution in [2.75, 3.05) is 47.0 Å². The van der Waals surface area contributed by atoms with Crippen LogP contribution in [-0.2, 0) is 14.3 Å². The number of nitrogens with zero attached hydrogens (tertiary/aromatic N) is 1. The normalized spacial score (nSPS) is 13.2. The van der Waals surface area contributed by atoms with E-state index < -0.39 is 0 Å². The Morgan fingerprint density at radius 1 is 1.11 bits per heavy atom. The molecule has 1 aromatic carbocycles. The van der Waals surface area contributed by atoms with Crippen molar-refractivity contribution in [3.05, 3.63) is 29.8 Å². The summed E-state index contributed by atoms with van der Waals surface area (Å²) in [6, 6.07) is 8.14. The highest BCUT2D eigenvalue weighted by Crippen LogP contribution is 2.20. The van der Waals surface area contributed by atoms with Gasteiger partial charge in [-0.25, -0.2) is 4.79 Å². The minimum Gasteiger partial charge on any atom is -0.493 e. The lowest BCUT2D eigenvalue weighted by Crippen LogP contribution is -2.47. The maximum atomic E-state index is 11.8. The molecule has 0 aliphatic carbocycles. The minimum absolute atomic E-state index is 0.148. The van der Waals surface area contributed by atoms with Crippen LogP contribution in [0.15, 0.2) is 24.3 Å². The number of ether oxygens (including phenoxy) is 3. The van der Waals surface area contributed by atoms with Crippen molar-refractivity contribution in [3.8, 4) is 5.75 Å². The van der Waals surface area contributed by atoms with E-state index in [4.69, 9.17) is 14.2 Å². The first kappa shape index (κ1) is 24.4. The second-order valence-corrected chi connectivity index (χ2v) is 8.84. The Morgan fingerprint density at radius 3 is 2.32 bits per heavy atom. The van der Waals surface area contributed by atoms with E-state index in [1.807, 2.05) is 19.1 Å². The van der Waals surface area contributed by atoms with E-state index >= 15 is 0 Å². The fourth-order valence-corrected chi connectivity index (χ4v) is 2.76. The predicted octanol–water partition coefficient (Wildman–Crippen LogP) is 4.22. The molecule has 0 aliphatic heterocycles. The van der Waals surface area contributed by atoms with Crippen molar-refractivity contribution in [2.45, 2.75) is 53.1 Å². The SMILES string of the molecule is CCOC(=O)C[N+](C)(C)CCC(C)(C)OCC(CC)COc1ccc(C)cc1. The number of aryl methyl sites for hydroxylation is 1. The molecule has 5 heteroatoms. The van der Waals surface area contributed by atoms with Crippen molar-refractivity contribution in [1.29, 1.82) is 0 Å². The van der Waals surface area contributed by atoms with Gasteiger partial charge in [0.05, 0.1) is 46.1 Å². The standard InChI is InChI=1S/C23H40NO4/c1-8-20(17-27-21-12-10-19(3)11-13-21)18-28-23(4,5)14-15-24(6,7)16-22(25)26-9-2/h10-13,20H,8-9,14-18H2,1-7H3/q+1. The number of carbonyl (C=O) groups excluding carboxylic acids is 1. The highest BCUT2D eigenvalue weighted by molar-refractivity contribution is 5.70. The lowest BCUT2D eigenvalue weighted by molar-refractivity contribution is -0.884. The van der Waals surface area contributed by atoms with Crippen LogP contribution in [0.2, 0.25) is 0 Å². The lowest BCUT2D eigenvalue weighted by atomic mass is 10.0. The monoisotopic (exact) mass is 394 g/mol. The van der Waals surface area contributed by atoms with Crippen molar-refractivity contribution in [2.24, 2.45) is 5.92 Å². The van der Waals surface area contributed by atoms with Gasteiger partial charge in [-0.05, 0) is 46.2 Å². The topological polar surface area (TPSA) is 44.8 Å². The number of rotatable bonds is 13. The molecule has 160 valence electrons. The number of hydrogen-bond acceptors (Lipinski definition) is 4. The summed E-state index contributed by atoms with van der Waals surface area (Å²) in [4.78, 5) is 11.8. The fourth-order valence-electron chi connectivity index (χ4n) is 2.76. The average Bonchev–Trinajstić information content (AvgIpc) is 2.61. The molecule has 1 unspecified atom stereocenters. The number of likely N-dealkylation sites (N-methyl/N-ethyl adjacent to an activating group) is 1. The van der Waals surface area contributed by atoms with Crippen LogP contribution in [0.1, 0.15) is 46.1 Å². The van der Waals surface area contributed by atoms with Gasteiger partial charge in [-0.1, -0.05) is 24.6 Å². The first-order valence-corrected chi connectivity index (χ1v) is 10.4. The molecule has 0 saturated carbocycles. The predicted molar refractivity (Wildman–Crippen MR) is 114 cm³/mol. The molecule has 0 heterocycles. The molecule has 5 nitrogen and oxygen atoms in total. The molecule has 1 aromatic rings. The first-order chi connectivity index (χ1) is 13.1. The smallest absolute Gasteiger partial charge is 0.361 e. The van der Waals surface area contributed by atoms with Gasteiger partial charge < -0.3 is 18.7 Å². The number of quaternary nitrogens is 1. The minimum atomic E-state index is -0.249. The Labute approximate surface area is 171 Å². The van der Waals surface area contributed by atoms with Crippen LogP contribution in [-0.4, -0.2) is 63.1 Å². The van der Waals surface area contributed by atoms with Crippen molar-refractivity contribution < 1.29 is 23.5 Å². The maximum absolute atomic E-state index is 11.8. The maximum Gasteiger partial charge on any atom is 0.361 e. The quantitative estimate of drug-likeness (QED) is 0.371. The van der Waals surface area contributed by atoms with Crippen LogP contribution in [0.3, 0.4) is 0 Å². The summed E-state index contributed by atoms with van der Waals surface area (Å²) in [6.45, 7) is 13.3. The zero-order chi connectivity index (χ0) is 21.2.